The predicted molar refractivity (Wildman–Crippen MR) is 92.0 cm³/mol. The lowest BCUT2D eigenvalue weighted by Gasteiger charge is -2.33. The van der Waals surface area contributed by atoms with Gasteiger partial charge in [0.2, 0.25) is 0 Å². The average Bonchev–Trinajstić information content (AvgIpc) is 3.11. The zero-order valence-corrected chi connectivity index (χ0v) is 14.8. The summed E-state index contributed by atoms with van der Waals surface area (Å²) in [7, 11) is -3.36. The van der Waals surface area contributed by atoms with Gasteiger partial charge in [0, 0.05) is 18.1 Å². The fraction of sp³-hybridized carbons (Fsp3) is 0.412. The number of sulfone groups is 1. The van der Waals surface area contributed by atoms with E-state index in [0.29, 0.717) is 29.6 Å². The summed E-state index contributed by atoms with van der Waals surface area (Å²) >= 11 is 5.83. The van der Waals surface area contributed by atoms with Gasteiger partial charge < -0.3 is 9.15 Å². The third-order valence-electron chi connectivity index (χ3n) is 4.19. The molecule has 24 heavy (non-hydrogen) atoms. The summed E-state index contributed by atoms with van der Waals surface area (Å²) in [5, 5.41) is 0.524. The van der Waals surface area contributed by atoms with E-state index in [-0.39, 0.29) is 11.8 Å². The molecule has 1 fully saturated rings. The Labute approximate surface area is 147 Å². The summed E-state index contributed by atoms with van der Waals surface area (Å²) < 4.78 is 36.1. The van der Waals surface area contributed by atoms with Gasteiger partial charge in [-0.1, -0.05) is 11.6 Å². The van der Waals surface area contributed by atoms with Crippen LogP contribution < -0.4 is 0 Å². The van der Waals surface area contributed by atoms with Gasteiger partial charge in [0.05, 0.1) is 36.2 Å². The molecule has 2 heterocycles. The molecular formula is C17H20ClNO4S. The van der Waals surface area contributed by atoms with Crippen molar-refractivity contribution >= 4 is 21.4 Å². The summed E-state index contributed by atoms with van der Waals surface area (Å²) in [6.07, 6.45) is 2.09. The monoisotopic (exact) mass is 369 g/mol. The lowest BCUT2D eigenvalue weighted by Crippen LogP contribution is -2.39. The first-order valence-electron chi connectivity index (χ1n) is 7.90. The number of ether oxygens (including phenoxy) is 1. The Morgan fingerprint density at radius 2 is 1.83 bits per heavy atom. The Balaban J connectivity index is 1.74. The van der Waals surface area contributed by atoms with Gasteiger partial charge in [-0.05, 0) is 42.8 Å². The van der Waals surface area contributed by atoms with Crippen molar-refractivity contribution in [3.8, 4) is 0 Å². The summed E-state index contributed by atoms with van der Waals surface area (Å²) in [6, 6.07) is 9.96. The minimum Gasteiger partial charge on any atom is -0.468 e. The van der Waals surface area contributed by atoms with E-state index in [4.69, 9.17) is 20.8 Å². The van der Waals surface area contributed by atoms with Gasteiger partial charge in [-0.3, -0.25) is 4.90 Å². The molecule has 0 amide bonds. The molecule has 1 aromatic carbocycles. The van der Waals surface area contributed by atoms with Crippen LogP contribution in [0, 0.1) is 0 Å². The van der Waals surface area contributed by atoms with Gasteiger partial charge >= 0.3 is 0 Å². The molecule has 5 nitrogen and oxygen atoms in total. The van der Waals surface area contributed by atoms with Crippen molar-refractivity contribution in [2.24, 2.45) is 0 Å². The highest BCUT2D eigenvalue weighted by Crippen LogP contribution is 2.27. The maximum absolute atomic E-state index is 12.6. The molecule has 130 valence electrons. The SMILES string of the molecule is O=S(=O)(CCC(c1ccco1)N1CCOCC1)c1ccc(Cl)cc1. The molecule has 1 atom stereocenters. The highest BCUT2D eigenvalue weighted by Gasteiger charge is 2.27. The molecule has 3 rings (SSSR count). The minimum absolute atomic E-state index is 0.0529. The summed E-state index contributed by atoms with van der Waals surface area (Å²) in [5.74, 6) is 0.848. The number of hydrogen-bond acceptors (Lipinski definition) is 5. The minimum atomic E-state index is -3.36. The van der Waals surface area contributed by atoms with Gasteiger partial charge in [-0.2, -0.15) is 0 Å². The number of hydrogen-bond donors (Lipinski definition) is 0. The van der Waals surface area contributed by atoms with Crippen molar-refractivity contribution in [3.63, 3.8) is 0 Å². The van der Waals surface area contributed by atoms with E-state index >= 15 is 0 Å². The molecule has 1 aromatic heterocycles. The van der Waals surface area contributed by atoms with Crippen LogP contribution in [-0.2, 0) is 14.6 Å². The van der Waals surface area contributed by atoms with Gasteiger partial charge in [0.25, 0.3) is 0 Å². The smallest absolute Gasteiger partial charge is 0.178 e. The Hall–Kier alpha value is -1.34. The first kappa shape index (κ1) is 17.5. The molecule has 1 unspecified atom stereocenters. The highest BCUT2D eigenvalue weighted by molar-refractivity contribution is 7.91. The van der Waals surface area contributed by atoms with Gasteiger partial charge in [0.1, 0.15) is 5.76 Å². The van der Waals surface area contributed by atoms with Crippen LogP contribution in [0.2, 0.25) is 5.02 Å². The number of rotatable bonds is 6. The summed E-state index contributed by atoms with van der Waals surface area (Å²) in [4.78, 5) is 2.52. The fourth-order valence-corrected chi connectivity index (χ4v) is 4.35. The fourth-order valence-electron chi connectivity index (χ4n) is 2.90. The average molecular weight is 370 g/mol. The van der Waals surface area contributed by atoms with Crippen LogP contribution in [-0.4, -0.2) is 45.4 Å². The Morgan fingerprint density at radius 3 is 2.46 bits per heavy atom. The quantitative estimate of drug-likeness (QED) is 0.782. The topological polar surface area (TPSA) is 59.8 Å². The second-order valence-electron chi connectivity index (χ2n) is 5.74. The highest BCUT2D eigenvalue weighted by atomic mass is 35.5. The van der Waals surface area contributed by atoms with Crippen molar-refractivity contribution in [2.75, 3.05) is 32.1 Å². The maximum atomic E-state index is 12.6. The van der Waals surface area contributed by atoms with Crippen LogP contribution >= 0.6 is 11.6 Å². The van der Waals surface area contributed by atoms with Gasteiger partial charge in [-0.15, -0.1) is 0 Å². The molecule has 0 radical (unpaired) electrons. The number of nitrogens with zero attached hydrogens (tertiary/aromatic N) is 1. The molecule has 2 aromatic rings. The van der Waals surface area contributed by atoms with Crippen molar-refractivity contribution in [3.05, 3.63) is 53.4 Å². The van der Waals surface area contributed by atoms with Crippen molar-refractivity contribution in [1.29, 1.82) is 0 Å². The second-order valence-corrected chi connectivity index (χ2v) is 8.29. The summed E-state index contributed by atoms with van der Waals surface area (Å²) in [5.41, 5.74) is 0. The molecule has 1 aliphatic rings. The van der Waals surface area contributed by atoms with Crippen molar-refractivity contribution < 1.29 is 17.6 Å². The molecule has 1 aliphatic heterocycles. The predicted octanol–water partition coefficient (Wildman–Crippen LogP) is 3.17. The van der Waals surface area contributed by atoms with Crippen LogP contribution in [0.1, 0.15) is 18.2 Å². The molecule has 1 saturated heterocycles. The summed E-state index contributed by atoms with van der Waals surface area (Å²) in [6.45, 7) is 2.85. The number of benzene rings is 1. The maximum Gasteiger partial charge on any atom is 0.178 e. The molecule has 0 N–H and O–H groups in total. The normalized spacial score (nSPS) is 17.7. The van der Waals surface area contributed by atoms with E-state index in [1.165, 1.54) is 0 Å². The van der Waals surface area contributed by atoms with Gasteiger partial charge in [0.15, 0.2) is 9.84 Å². The van der Waals surface area contributed by atoms with Crippen molar-refractivity contribution in [1.82, 2.24) is 4.90 Å². The Bertz CT molecular complexity index is 737. The van der Waals surface area contributed by atoms with E-state index in [2.05, 4.69) is 4.90 Å². The van der Waals surface area contributed by atoms with Crippen LogP contribution in [0.3, 0.4) is 0 Å². The lowest BCUT2D eigenvalue weighted by atomic mass is 10.1. The molecule has 0 aliphatic carbocycles. The lowest BCUT2D eigenvalue weighted by molar-refractivity contribution is 0.0109. The van der Waals surface area contributed by atoms with E-state index in [1.807, 2.05) is 12.1 Å². The number of halogens is 1. The van der Waals surface area contributed by atoms with Crippen LogP contribution in [0.15, 0.2) is 52.0 Å². The number of furan rings is 1. The molecule has 7 heteroatoms. The second kappa shape index (κ2) is 7.70. The van der Waals surface area contributed by atoms with Crippen LogP contribution in [0.4, 0.5) is 0 Å². The Morgan fingerprint density at radius 1 is 1.12 bits per heavy atom. The molecular weight excluding hydrogens is 350 g/mol. The molecule has 0 saturated carbocycles. The standard InChI is InChI=1S/C17H20ClNO4S/c18-14-3-5-15(6-4-14)24(20,21)13-7-16(17-2-1-10-23-17)19-8-11-22-12-9-19/h1-6,10,16H,7-9,11-13H2. The zero-order chi connectivity index (χ0) is 17.0. The van der Waals surface area contributed by atoms with E-state index in [0.717, 1.165) is 18.8 Å². The van der Waals surface area contributed by atoms with Crippen LogP contribution in [0.25, 0.3) is 0 Å². The largest absolute Gasteiger partial charge is 0.468 e. The first-order valence-corrected chi connectivity index (χ1v) is 9.93. The third-order valence-corrected chi connectivity index (χ3v) is 6.21. The van der Waals surface area contributed by atoms with E-state index in [9.17, 15) is 8.42 Å². The third kappa shape index (κ3) is 4.19. The van der Waals surface area contributed by atoms with Crippen LogP contribution in [0.5, 0.6) is 0 Å². The van der Waals surface area contributed by atoms with E-state index in [1.54, 1.807) is 30.5 Å². The van der Waals surface area contributed by atoms with Gasteiger partial charge in [-0.25, -0.2) is 8.42 Å². The van der Waals surface area contributed by atoms with Crippen molar-refractivity contribution in [2.45, 2.75) is 17.4 Å². The zero-order valence-electron chi connectivity index (χ0n) is 13.2. The molecule has 0 bridgehead atoms. The Kier molecular flexibility index (Phi) is 5.61. The molecule has 0 spiro atoms. The first-order chi connectivity index (χ1) is 11.6. The van der Waals surface area contributed by atoms with E-state index < -0.39 is 9.84 Å². The number of morpholine rings is 1.